The van der Waals surface area contributed by atoms with Gasteiger partial charge in [0.2, 0.25) is 0 Å². The third-order valence-electron chi connectivity index (χ3n) is 2.05. The molecule has 0 unspecified atom stereocenters. The van der Waals surface area contributed by atoms with Crippen LogP contribution in [-0.4, -0.2) is 10.9 Å². The maximum Gasteiger partial charge on any atom is 0.254 e. The zero-order valence-corrected chi connectivity index (χ0v) is 11.0. The summed E-state index contributed by atoms with van der Waals surface area (Å²) < 4.78 is 5.80. The lowest BCUT2D eigenvalue weighted by atomic mass is 10.2. The zero-order chi connectivity index (χ0) is 12.3. The quantitative estimate of drug-likeness (QED) is 0.886. The van der Waals surface area contributed by atoms with Crippen molar-refractivity contribution in [3.63, 3.8) is 0 Å². The molecule has 0 spiro atoms. The van der Waals surface area contributed by atoms with E-state index in [9.17, 15) is 4.79 Å². The van der Waals surface area contributed by atoms with Crippen molar-refractivity contribution in [1.29, 1.82) is 0 Å². The Hall–Kier alpha value is -1.33. The lowest BCUT2D eigenvalue weighted by Crippen LogP contribution is -2.23. The maximum atomic E-state index is 11.8. The second kappa shape index (κ2) is 5.33. The standard InChI is InChI=1S/C11H8BrClN2O2/c12-7-4-9(10(13)14-5-7)11(16)15-6-8-2-1-3-17-8/h1-5H,6H2,(H,15,16). The summed E-state index contributed by atoms with van der Waals surface area (Å²) in [6.07, 6.45) is 3.08. The van der Waals surface area contributed by atoms with Crippen molar-refractivity contribution in [1.82, 2.24) is 10.3 Å². The molecular weight excluding hydrogens is 307 g/mol. The largest absolute Gasteiger partial charge is 0.467 e. The summed E-state index contributed by atoms with van der Waals surface area (Å²) in [5.74, 6) is 0.387. The molecule has 0 aliphatic rings. The van der Waals surface area contributed by atoms with E-state index in [1.807, 2.05) is 0 Å². The van der Waals surface area contributed by atoms with Crippen molar-refractivity contribution in [2.75, 3.05) is 0 Å². The highest BCUT2D eigenvalue weighted by atomic mass is 79.9. The van der Waals surface area contributed by atoms with E-state index < -0.39 is 0 Å². The Morgan fingerprint density at radius 3 is 3.12 bits per heavy atom. The van der Waals surface area contributed by atoms with E-state index in [4.69, 9.17) is 16.0 Å². The molecule has 0 radical (unpaired) electrons. The van der Waals surface area contributed by atoms with Gasteiger partial charge in [0, 0.05) is 10.7 Å². The molecule has 0 aliphatic carbocycles. The van der Waals surface area contributed by atoms with Gasteiger partial charge in [-0.3, -0.25) is 4.79 Å². The number of hydrogen-bond donors (Lipinski definition) is 1. The van der Waals surface area contributed by atoms with Gasteiger partial charge >= 0.3 is 0 Å². The number of furan rings is 1. The Kier molecular flexibility index (Phi) is 3.81. The van der Waals surface area contributed by atoms with Crippen LogP contribution in [0.4, 0.5) is 0 Å². The normalized spacial score (nSPS) is 10.2. The van der Waals surface area contributed by atoms with Gasteiger partial charge in [0.15, 0.2) is 0 Å². The molecular formula is C11H8BrClN2O2. The van der Waals surface area contributed by atoms with Gasteiger partial charge in [-0.2, -0.15) is 0 Å². The fourth-order valence-corrected chi connectivity index (χ4v) is 1.78. The van der Waals surface area contributed by atoms with Crippen LogP contribution in [0.3, 0.4) is 0 Å². The van der Waals surface area contributed by atoms with Gasteiger partial charge in [-0.15, -0.1) is 0 Å². The highest BCUT2D eigenvalue weighted by Gasteiger charge is 2.12. The Balaban J connectivity index is 2.07. The molecule has 17 heavy (non-hydrogen) atoms. The summed E-state index contributed by atoms with van der Waals surface area (Å²) in [5.41, 5.74) is 0.326. The molecule has 2 rings (SSSR count). The summed E-state index contributed by atoms with van der Waals surface area (Å²) in [4.78, 5) is 15.7. The number of rotatable bonds is 3. The van der Waals surface area contributed by atoms with Crippen molar-refractivity contribution in [3.8, 4) is 0 Å². The molecule has 6 heteroatoms. The third-order valence-corrected chi connectivity index (χ3v) is 2.79. The monoisotopic (exact) mass is 314 g/mol. The van der Waals surface area contributed by atoms with Crippen molar-refractivity contribution in [2.45, 2.75) is 6.54 Å². The summed E-state index contributed by atoms with van der Waals surface area (Å²) in [7, 11) is 0. The summed E-state index contributed by atoms with van der Waals surface area (Å²) in [6, 6.07) is 5.16. The lowest BCUT2D eigenvalue weighted by molar-refractivity contribution is 0.0948. The number of carbonyl (C=O) groups is 1. The van der Waals surface area contributed by atoms with E-state index in [-0.39, 0.29) is 11.1 Å². The molecule has 2 aromatic heterocycles. The first kappa shape index (κ1) is 12.1. The number of halogens is 2. The maximum absolute atomic E-state index is 11.8. The van der Waals surface area contributed by atoms with Crippen LogP contribution < -0.4 is 5.32 Å². The minimum atomic E-state index is -0.291. The van der Waals surface area contributed by atoms with E-state index in [1.165, 1.54) is 6.20 Å². The third kappa shape index (κ3) is 3.08. The van der Waals surface area contributed by atoms with Crippen molar-refractivity contribution < 1.29 is 9.21 Å². The van der Waals surface area contributed by atoms with E-state index >= 15 is 0 Å². The van der Waals surface area contributed by atoms with E-state index in [0.29, 0.717) is 22.3 Å². The van der Waals surface area contributed by atoms with Gasteiger partial charge in [0.25, 0.3) is 5.91 Å². The Bertz CT molecular complexity index is 528. The van der Waals surface area contributed by atoms with Crippen molar-refractivity contribution >= 4 is 33.4 Å². The fraction of sp³-hybridized carbons (Fsp3) is 0.0909. The number of hydrogen-bond acceptors (Lipinski definition) is 3. The van der Waals surface area contributed by atoms with E-state index in [1.54, 1.807) is 24.5 Å². The average molecular weight is 316 g/mol. The molecule has 4 nitrogen and oxygen atoms in total. The summed E-state index contributed by atoms with van der Waals surface area (Å²) in [6.45, 7) is 0.314. The topological polar surface area (TPSA) is 55.1 Å². The van der Waals surface area contributed by atoms with Crippen LogP contribution in [-0.2, 0) is 6.54 Å². The number of amides is 1. The van der Waals surface area contributed by atoms with Gasteiger partial charge in [-0.05, 0) is 34.1 Å². The first-order valence-corrected chi connectivity index (χ1v) is 5.95. The minimum Gasteiger partial charge on any atom is -0.467 e. The Labute approximate surface area is 111 Å². The molecule has 0 aromatic carbocycles. The summed E-state index contributed by atoms with van der Waals surface area (Å²) in [5, 5.41) is 2.86. The van der Waals surface area contributed by atoms with Crippen LogP contribution in [0.2, 0.25) is 5.15 Å². The summed E-state index contributed by atoms with van der Waals surface area (Å²) >= 11 is 9.07. The van der Waals surface area contributed by atoms with Gasteiger partial charge in [-0.1, -0.05) is 11.6 Å². The number of aromatic nitrogens is 1. The smallest absolute Gasteiger partial charge is 0.254 e. The molecule has 0 aliphatic heterocycles. The fourth-order valence-electron chi connectivity index (χ4n) is 1.26. The van der Waals surface area contributed by atoms with Crippen molar-refractivity contribution in [3.05, 3.63) is 51.6 Å². The lowest BCUT2D eigenvalue weighted by Gasteiger charge is -2.05. The minimum absolute atomic E-state index is 0.171. The molecule has 1 amide bonds. The van der Waals surface area contributed by atoms with Crippen LogP contribution >= 0.6 is 27.5 Å². The van der Waals surface area contributed by atoms with Gasteiger partial charge in [0.05, 0.1) is 18.4 Å². The first-order chi connectivity index (χ1) is 8.16. The van der Waals surface area contributed by atoms with Crippen molar-refractivity contribution in [2.24, 2.45) is 0 Å². The number of carbonyl (C=O) groups excluding carboxylic acids is 1. The molecule has 88 valence electrons. The van der Waals surface area contributed by atoms with Crippen LogP contribution in [0.25, 0.3) is 0 Å². The molecule has 0 saturated carbocycles. The SMILES string of the molecule is O=C(NCc1ccco1)c1cc(Br)cnc1Cl. The zero-order valence-electron chi connectivity index (χ0n) is 8.61. The van der Waals surface area contributed by atoms with Crippen LogP contribution in [0.15, 0.2) is 39.5 Å². The van der Waals surface area contributed by atoms with Gasteiger partial charge in [-0.25, -0.2) is 4.98 Å². The predicted molar refractivity (Wildman–Crippen MR) is 66.8 cm³/mol. The predicted octanol–water partition coefficient (Wildman–Crippen LogP) is 3.02. The molecule has 0 saturated heterocycles. The average Bonchev–Trinajstić information content (AvgIpc) is 2.82. The Morgan fingerprint density at radius 2 is 2.41 bits per heavy atom. The first-order valence-electron chi connectivity index (χ1n) is 4.78. The highest BCUT2D eigenvalue weighted by molar-refractivity contribution is 9.10. The molecule has 1 N–H and O–H groups in total. The van der Waals surface area contributed by atoms with Crippen LogP contribution in [0.5, 0.6) is 0 Å². The van der Waals surface area contributed by atoms with Gasteiger partial charge in [0.1, 0.15) is 10.9 Å². The molecule has 2 aromatic rings. The second-order valence-corrected chi connectivity index (χ2v) is 4.53. The van der Waals surface area contributed by atoms with Gasteiger partial charge < -0.3 is 9.73 Å². The van der Waals surface area contributed by atoms with E-state index in [0.717, 1.165) is 0 Å². The highest BCUT2D eigenvalue weighted by Crippen LogP contribution is 2.17. The van der Waals surface area contributed by atoms with Crippen LogP contribution in [0.1, 0.15) is 16.1 Å². The van der Waals surface area contributed by atoms with E-state index in [2.05, 4.69) is 26.2 Å². The number of nitrogens with one attached hydrogen (secondary N) is 1. The van der Waals surface area contributed by atoms with Crippen LogP contribution in [0, 0.1) is 0 Å². The molecule has 0 fully saturated rings. The molecule has 2 heterocycles. The number of nitrogens with zero attached hydrogens (tertiary/aromatic N) is 1. The Morgan fingerprint density at radius 1 is 1.59 bits per heavy atom. The second-order valence-electron chi connectivity index (χ2n) is 3.25. The molecule has 0 atom stereocenters. The molecule has 0 bridgehead atoms. The number of pyridine rings is 1.